The quantitative estimate of drug-likeness (QED) is 0.478. The van der Waals surface area contributed by atoms with Crippen molar-refractivity contribution in [3.05, 3.63) is 35.4 Å². The highest BCUT2D eigenvalue weighted by Gasteiger charge is 2.68. The average molecular weight is 209 g/mol. The molecule has 2 atom stereocenters. The summed E-state index contributed by atoms with van der Waals surface area (Å²) in [5.74, 6) is -0.505. The van der Waals surface area contributed by atoms with E-state index in [0.717, 1.165) is 0 Å². The smallest absolute Gasteiger partial charge is 0.239 e. The lowest BCUT2D eigenvalue weighted by molar-refractivity contribution is 0.0908. The van der Waals surface area contributed by atoms with E-state index in [1.807, 2.05) is 0 Å². The third-order valence-electron chi connectivity index (χ3n) is 2.55. The molecule has 1 fully saturated rings. The minimum atomic E-state index is -1.40. The molecule has 3 rings (SSSR count). The van der Waals surface area contributed by atoms with E-state index >= 15 is 0 Å². The Balaban J connectivity index is 2.27. The molecule has 1 heterocycles. The van der Waals surface area contributed by atoms with Crippen molar-refractivity contribution >= 4 is 23.2 Å². The van der Waals surface area contributed by atoms with E-state index in [1.165, 1.54) is 0 Å². The van der Waals surface area contributed by atoms with E-state index in [1.54, 1.807) is 24.3 Å². The molecule has 0 N–H and O–H groups in total. The third kappa shape index (κ3) is 0.768. The Morgan fingerprint density at radius 3 is 2.57 bits per heavy atom. The summed E-state index contributed by atoms with van der Waals surface area (Å²) in [6, 6.07) is 6.63. The van der Waals surface area contributed by atoms with Crippen molar-refractivity contribution in [2.45, 2.75) is 11.2 Å². The number of Topliss-reactive ketones (excluding diaryl/α,β-unsaturated/α-hetero) is 2. The van der Waals surface area contributed by atoms with Crippen LogP contribution in [0.25, 0.3) is 0 Å². The number of halogens is 1. The first-order valence-corrected chi connectivity index (χ1v) is 4.57. The Hall–Kier alpha value is -1.19. The molecule has 14 heavy (non-hydrogen) atoms. The molecular formula is C10H5ClO3. The average Bonchev–Trinajstić information content (AvgIpc) is 2.89. The van der Waals surface area contributed by atoms with Crippen LogP contribution in [0.2, 0.25) is 0 Å². The van der Waals surface area contributed by atoms with Crippen molar-refractivity contribution in [2.75, 3.05) is 0 Å². The summed E-state index contributed by atoms with van der Waals surface area (Å²) < 4.78 is 4.94. The maximum atomic E-state index is 11.7. The minimum absolute atomic E-state index is 0.199. The largest absolute Gasteiger partial charge is 0.333 e. The standard InChI is InChI=1S/C10H5ClO3/c11-10-8(13)6-4-2-1-3-5(6)7(12)9(10)14-10/h1-4,9H. The molecule has 1 aromatic rings. The normalized spacial score (nSPS) is 33.6. The summed E-state index contributed by atoms with van der Waals surface area (Å²) in [5.41, 5.74) is 0.775. The first-order chi connectivity index (χ1) is 6.64. The van der Waals surface area contributed by atoms with Crippen LogP contribution in [0.4, 0.5) is 0 Å². The summed E-state index contributed by atoms with van der Waals surface area (Å²) in [6.45, 7) is 0. The number of fused-ring (bicyclic) bond motifs is 2. The Morgan fingerprint density at radius 1 is 1.21 bits per heavy atom. The minimum Gasteiger partial charge on any atom is -0.333 e. The molecule has 0 amide bonds. The monoisotopic (exact) mass is 208 g/mol. The number of carbonyl (C=O) groups excluding carboxylic acids is 2. The van der Waals surface area contributed by atoms with Crippen LogP contribution in [0, 0.1) is 0 Å². The maximum absolute atomic E-state index is 11.7. The number of hydrogen-bond acceptors (Lipinski definition) is 3. The lowest BCUT2D eigenvalue weighted by atomic mass is 9.89. The molecule has 0 bridgehead atoms. The summed E-state index contributed by atoms with van der Waals surface area (Å²) in [4.78, 5) is 23.4. The van der Waals surface area contributed by atoms with Crippen LogP contribution in [0.1, 0.15) is 20.7 Å². The number of ketones is 2. The lowest BCUT2D eigenvalue weighted by Gasteiger charge is -2.12. The van der Waals surface area contributed by atoms with Gasteiger partial charge in [-0.3, -0.25) is 9.59 Å². The van der Waals surface area contributed by atoms with Gasteiger partial charge in [0.05, 0.1) is 0 Å². The fourth-order valence-corrected chi connectivity index (χ4v) is 2.04. The molecule has 2 aliphatic rings. The Labute approximate surface area is 84.6 Å². The van der Waals surface area contributed by atoms with Gasteiger partial charge in [0, 0.05) is 11.1 Å². The fourth-order valence-electron chi connectivity index (χ4n) is 1.75. The van der Waals surface area contributed by atoms with Crippen LogP contribution < -0.4 is 0 Å². The first kappa shape index (κ1) is 8.15. The van der Waals surface area contributed by atoms with Crippen LogP contribution >= 0.6 is 11.6 Å². The van der Waals surface area contributed by atoms with E-state index in [4.69, 9.17) is 16.3 Å². The van der Waals surface area contributed by atoms with E-state index < -0.39 is 11.2 Å². The van der Waals surface area contributed by atoms with E-state index in [0.29, 0.717) is 11.1 Å². The predicted molar refractivity (Wildman–Crippen MR) is 48.6 cm³/mol. The van der Waals surface area contributed by atoms with Gasteiger partial charge >= 0.3 is 0 Å². The van der Waals surface area contributed by atoms with E-state index in [9.17, 15) is 9.59 Å². The van der Waals surface area contributed by atoms with Crippen molar-refractivity contribution in [1.29, 1.82) is 0 Å². The number of epoxide rings is 1. The predicted octanol–water partition coefficient (Wildman–Crippen LogP) is 1.40. The Morgan fingerprint density at radius 2 is 1.86 bits per heavy atom. The number of alkyl halides is 1. The van der Waals surface area contributed by atoms with Crippen molar-refractivity contribution < 1.29 is 14.3 Å². The van der Waals surface area contributed by atoms with Crippen LogP contribution in [-0.4, -0.2) is 22.7 Å². The van der Waals surface area contributed by atoms with Gasteiger partial charge in [0.25, 0.3) is 0 Å². The summed E-state index contributed by atoms with van der Waals surface area (Å²) in [7, 11) is 0. The number of carbonyl (C=O) groups is 2. The van der Waals surface area contributed by atoms with Crippen LogP contribution in [0.5, 0.6) is 0 Å². The second-order valence-electron chi connectivity index (χ2n) is 3.38. The Bertz CT molecular complexity index is 468. The molecule has 0 radical (unpaired) electrons. The zero-order chi connectivity index (χ0) is 9.92. The highest BCUT2D eigenvalue weighted by Crippen LogP contribution is 2.48. The van der Waals surface area contributed by atoms with Gasteiger partial charge in [-0.05, 0) is 0 Å². The van der Waals surface area contributed by atoms with Crippen molar-refractivity contribution in [3.63, 3.8) is 0 Å². The van der Waals surface area contributed by atoms with Gasteiger partial charge in [-0.2, -0.15) is 0 Å². The second kappa shape index (κ2) is 2.24. The lowest BCUT2D eigenvalue weighted by Crippen LogP contribution is -2.32. The molecule has 0 spiro atoms. The van der Waals surface area contributed by atoms with Gasteiger partial charge in [0.2, 0.25) is 10.8 Å². The number of benzene rings is 1. The molecule has 70 valence electrons. The summed E-state index contributed by atoms with van der Waals surface area (Å²) in [6.07, 6.45) is -0.772. The van der Waals surface area contributed by atoms with Gasteiger partial charge in [-0.25, -0.2) is 0 Å². The highest BCUT2D eigenvalue weighted by molar-refractivity contribution is 6.44. The topological polar surface area (TPSA) is 46.7 Å². The third-order valence-corrected chi connectivity index (χ3v) is 3.01. The van der Waals surface area contributed by atoms with E-state index in [2.05, 4.69) is 0 Å². The van der Waals surface area contributed by atoms with Gasteiger partial charge in [-0.1, -0.05) is 35.9 Å². The zero-order valence-corrected chi connectivity index (χ0v) is 7.75. The van der Waals surface area contributed by atoms with Crippen molar-refractivity contribution in [2.24, 2.45) is 0 Å². The van der Waals surface area contributed by atoms with Crippen LogP contribution in [0.3, 0.4) is 0 Å². The summed E-state index contributed by atoms with van der Waals surface area (Å²) >= 11 is 5.83. The molecule has 1 aliphatic heterocycles. The summed E-state index contributed by atoms with van der Waals surface area (Å²) in [5, 5.41) is -1.40. The number of hydrogen-bond donors (Lipinski definition) is 0. The molecule has 3 nitrogen and oxygen atoms in total. The second-order valence-corrected chi connectivity index (χ2v) is 3.94. The van der Waals surface area contributed by atoms with Gasteiger partial charge in [-0.15, -0.1) is 0 Å². The fraction of sp³-hybridized carbons (Fsp3) is 0.200. The zero-order valence-electron chi connectivity index (χ0n) is 6.99. The highest BCUT2D eigenvalue weighted by atomic mass is 35.5. The number of ether oxygens (including phenoxy) is 1. The first-order valence-electron chi connectivity index (χ1n) is 4.19. The molecule has 0 aromatic heterocycles. The van der Waals surface area contributed by atoms with E-state index in [-0.39, 0.29) is 11.6 Å². The van der Waals surface area contributed by atoms with Crippen LogP contribution in [-0.2, 0) is 4.74 Å². The molecule has 0 saturated carbocycles. The SMILES string of the molecule is O=C1c2ccccc2C(=O)C2(Cl)OC12. The van der Waals surface area contributed by atoms with Gasteiger partial charge in [0.1, 0.15) is 0 Å². The molecule has 2 unspecified atom stereocenters. The molecule has 1 aromatic carbocycles. The maximum Gasteiger partial charge on any atom is 0.239 e. The Kier molecular flexibility index (Phi) is 1.30. The van der Waals surface area contributed by atoms with Crippen molar-refractivity contribution in [1.82, 2.24) is 0 Å². The van der Waals surface area contributed by atoms with Crippen LogP contribution in [0.15, 0.2) is 24.3 Å². The van der Waals surface area contributed by atoms with Crippen molar-refractivity contribution in [3.8, 4) is 0 Å². The molecular weight excluding hydrogens is 204 g/mol. The molecule has 1 aliphatic carbocycles. The van der Waals surface area contributed by atoms with Gasteiger partial charge in [0.15, 0.2) is 11.9 Å². The van der Waals surface area contributed by atoms with Gasteiger partial charge < -0.3 is 4.74 Å². The molecule has 1 saturated heterocycles. The number of rotatable bonds is 0. The molecule has 4 heteroatoms.